The van der Waals surface area contributed by atoms with Gasteiger partial charge in [0.15, 0.2) is 0 Å². The predicted octanol–water partition coefficient (Wildman–Crippen LogP) is 5.12. The Morgan fingerprint density at radius 1 is 0.971 bits per heavy atom. The molecule has 2 heterocycles. The average molecular weight is 469 g/mol. The summed E-state index contributed by atoms with van der Waals surface area (Å²) >= 11 is 0. The number of para-hydroxylation sites is 1. The van der Waals surface area contributed by atoms with Crippen molar-refractivity contribution in [3.8, 4) is 0 Å². The topological polar surface area (TPSA) is 38.8 Å². The highest BCUT2D eigenvalue weighted by atomic mass is 16.2. The second kappa shape index (κ2) is 11.9. The number of unbranched alkanes of at least 4 members (excludes halogenated alkanes) is 3. The average Bonchev–Trinajstić information content (AvgIpc) is 3.13. The predicted molar refractivity (Wildman–Crippen MR) is 142 cm³/mol. The van der Waals surface area contributed by atoms with Gasteiger partial charge in [0.2, 0.25) is 5.91 Å². The van der Waals surface area contributed by atoms with Crippen LogP contribution >= 0.6 is 0 Å². The first kappa shape index (κ1) is 25.5. The van der Waals surface area contributed by atoms with Crippen LogP contribution in [0.25, 0.3) is 0 Å². The number of piperidine rings is 1. The van der Waals surface area contributed by atoms with E-state index in [0.29, 0.717) is 5.91 Å². The molecule has 1 amide bonds. The van der Waals surface area contributed by atoms with Gasteiger partial charge in [0, 0.05) is 31.4 Å². The van der Waals surface area contributed by atoms with Crippen molar-refractivity contribution in [2.75, 3.05) is 44.8 Å². The molecular weight excluding hydrogens is 420 g/mol. The second-order valence-electron chi connectivity index (χ2n) is 11.4. The Hall–Kier alpha value is -1.59. The van der Waals surface area contributed by atoms with E-state index in [1.54, 1.807) is 0 Å². The number of likely N-dealkylation sites (tertiary alicyclic amines) is 1. The van der Waals surface area contributed by atoms with Crippen LogP contribution in [0.4, 0.5) is 5.69 Å². The molecule has 0 unspecified atom stereocenters. The van der Waals surface area contributed by atoms with Gasteiger partial charge in [-0.3, -0.25) is 4.79 Å². The summed E-state index contributed by atoms with van der Waals surface area (Å²) in [7, 11) is 2.02. The normalized spacial score (nSPS) is 25.6. The molecule has 3 fully saturated rings. The number of amides is 1. The number of rotatable bonds is 10. The van der Waals surface area contributed by atoms with Crippen molar-refractivity contribution >= 4 is 11.6 Å². The van der Waals surface area contributed by atoms with Crippen LogP contribution in [0.2, 0.25) is 0 Å². The minimum Gasteiger partial charge on any atom is -0.339 e. The molecule has 0 radical (unpaired) electrons. The summed E-state index contributed by atoms with van der Waals surface area (Å²) in [5.74, 6) is 2.11. The van der Waals surface area contributed by atoms with E-state index in [2.05, 4.69) is 64.2 Å². The fourth-order valence-electron chi connectivity index (χ4n) is 6.72. The molecule has 1 N–H and O–H groups in total. The van der Waals surface area contributed by atoms with E-state index < -0.39 is 0 Å². The van der Waals surface area contributed by atoms with Gasteiger partial charge in [0.25, 0.3) is 0 Å². The Morgan fingerprint density at radius 2 is 1.65 bits per heavy atom. The summed E-state index contributed by atoms with van der Waals surface area (Å²) in [6.45, 7) is 9.61. The lowest BCUT2D eigenvalue weighted by atomic mass is 9.78. The van der Waals surface area contributed by atoms with Crippen LogP contribution in [0, 0.1) is 11.8 Å². The molecule has 5 nitrogen and oxygen atoms in total. The number of hydrogen-bond acceptors (Lipinski definition) is 4. The molecule has 1 saturated carbocycles. The summed E-state index contributed by atoms with van der Waals surface area (Å²) in [6.07, 6.45) is 12.1. The first-order valence-electron chi connectivity index (χ1n) is 14.1. The number of nitrogens with one attached hydrogen (secondary N) is 1. The molecule has 2 saturated heterocycles. The lowest BCUT2D eigenvalue weighted by Gasteiger charge is -2.47. The highest BCUT2D eigenvalue weighted by Gasteiger charge is 2.53. The third-order valence-electron chi connectivity index (χ3n) is 9.01. The Kier molecular flexibility index (Phi) is 8.92. The van der Waals surface area contributed by atoms with Gasteiger partial charge in [-0.25, -0.2) is 0 Å². The highest BCUT2D eigenvalue weighted by Crippen LogP contribution is 2.41. The molecule has 0 aromatic heterocycles. The lowest BCUT2D eigenvalue weighted by Crippen LogP contribution is -2.58. The summed E-state index contributed by atoms with van der Waals surface area (Å²) in [6, 6.07) is 11.4. The van der Waals surface area contributed by atoms with Crippen molar-refractivity contribution in [1.29, 1.82) is 0 Å². The molecule has 5 heteroatoms. The third-order valence-corrected chi connectivity index (χ3v) is 9.01. The van der Waals surface area contributed by atoms with E-state index in [9.17, 15) is 4.79 Å². The quantitative estimate of drug-likeness (QED) is 0.484. The Morgan fingerprint density at radius 3 is 2.29 bits per heavy atom. The van der Waals surface area contributed by atoms with Crippen molar-refractivity contribution in [2.24, 2.45) is 11.8 Å². The molecule has 2 aliphatic heterocycles. The number of nitrogens with zero attached hydrogens (tertiary/aromatic N) is 3. The molecule has 1 spiro atoms. The molecule has 4 rings (SSSR count). The van der Waals surface area contributed by atoms with Crippen molar-refractivity contribution in [1.82, 2.24) is 15.1 Å². The molecule has 34 heavy (non-hydrogen) atoms. The van der Waals surface area contributed by atoms with E-state index in [1.165, 1.54) is 50.6 Å². The number of carbonyl (C=O) groups excluding carboxylic acids is 1. The van der Waals surface area contributed by atoms with Gasteiger partial charge in [0.1, 0.15) is 5.54 Å². The minimum atomic E-state index is -0.348. The van der Waals surface area contributed by atoms with E-state index in [0.717, 1.165) is 70.0 Å². The fourth-order valence-corrected chi connectivity index (χ4v) is 6.72. The lowest BCUT2D eigenvalue weighted by molar-refractivity contribution is -0.134. The van der Waals surface area contributed by atoms with Crippen LogP contribution in [-0.2, 0) is 4.79 Å². The van der Waals surface area contributed by atoms with Crippen molar-refractivity contribution in [3.05, 3.63) is 30.3 Å². The summed E-state index contributed by atoms with van der Waals surface area (Å²) < 4.78 is 0. The summed E-state index contributed by atoms with van der Waals surface area (Å²) in [5.41, 5.74) is 0.859. The van der Waals surface area contributed by atoms with Crippen LogP contribution in [0.5, 0.6) is 0 Å². The smallest absolute Gasteiger partial charge is 0.250 e. The highest BCUT2D eigenvalue weighted by molar-refractivity contribution is 5.93. The van der Waals surface area contributed by atoms with Crippen molar-refractivity contribution < 1.29 is 4.79 Å². The van der Waals surface area contributed by atoms with E-state index in [4.69, 9.17) is 0 Å². The molecule has 3 aliphatic rings. The van der Waals surface area contributed by atoms with Gasteiger partial charge in [-0.1, -0.05) is 44.9 Å². The Labute approximate surface area is 208 Å². The Balaban J connectivity index is 1.38. The zero-order valence-electron chi connectivity index (χ0n) is 22.0. The van der Waals surface area contributed by atoms with E-state index >= 15 is 0 Å². The molecule has 1 aromatic rings. The molecule has 0 bridgehead atoms. The molecule has 1 aliphatic carbocycles. The minimum absolute atomic E-state index is 0.348. The van der Waals surface area contributed by atoms with Gasteiger partial charge in [-0.05, 0) is 88.9 Å². The van der Waals surface area contributed by atoms with Crippen LogP contribution in [0.15, 0.2) is 30.3 Å². The molecule has 0 atom stereocenters. The standard InChI is InChI=1S/C29H48N4O/c1-24(2)25-13-15-26(16-14-25)31-21-17-29(18-22-31)28(34)32(20-10-5-4-9-19-30-3)23-33(29)27-11-7-6-8-12-27/h6-8,11-12,24-26,30H,4-5,9-10,13-23H2,1-3H3. The first-order valence-corrected chi connectivity index (χ1v) is 14.1. The SMILES string of the molecule is CNCCCCCCN1CN(c2ccccc2)C2(CCN(C3CCC(C(C)C)CC3)CC2)C1=O. The van der Waals surface area contributed by atoms with Crippen LogP contribution in [0.1, 0.15) is 78.1 Å². The molecular formula is C29H48N4O. The van der Waals surface area contributed by atoms with Gasteiger partial charge in [0.05, 0.1) is 6.67 Å². The number of anilines is 1. The fraction of sp³-hybridized carbons (Fsp3) is 0.759. The summed E-state index contributed by atoms with van der Waals surface area (Å²) in [5, 5.41) is 3.23. The number of benzene rings is 1. The molecule has 190 valence electrons. The second-order valence-corrected chi connectivity index (χ2v) is 11.4. The van der Waals surface area contributed by atoms with E-state index in [-0.39, 0.29) is 5.54 Å². The Bertz CT molecular complexity index is 751. The first-order chi connectivity index (χ1) is 16.5. The van der Waals surface area contributed by atoms with Crippen LogP contribution in [0.3, 0.4) is 0 Å². The van der Waals surface area contributed by atoms with E-state index in [1.807, 2.05) is 7.05 Å². The maximum atomic E-state index is 13.9. The number of hydrogen-bond donors (Lipinski definition) is 1. The summed E-state index contributed by atoms with van der Waals surface area (Å²) in [4.78, 5) is 21.2. The van der Waals surface area contributed by atoms with Crippen LogP contribution in [-0.4, -0.2) is 67.2 Å². The molecule has 1 aromatic carbocycles. The van der Waals surface area contributed by atoms with Crippen molar-refractivity contribution in [3.63, 3.8) is 0 Å². The largest absolute Gasteiger partial charge is 0.339 e. The zero-order chi connectivity index (χ0) is 24.0. The van der Waals surface area contributed by atoms with Gasteiger partial charge < -0.3 is 20.0 Å². The monoisotopic (exact) mass is 468 g/mol. The van der Waals surface area contributed by atoms with Gasteiger partial charge in [-0.2, -0.15) is 0 Å². The van der Waals surface area contributed by atoms with Gasteiger partial charge in [-0.15, -0.1) is 0 Å². The van der Waals surface area contributed by atoms with Gasteiger partial charge >= 0.3 is 0 Å². The maximum absolute atomic E-state index is 13.9. The third kappa shape index (κ3) is 5.62. The number of carbonyl (C=O) groups is 1. The van der Waals surface area contributed by atoms with Crippen LogP contribution < -0.4 is 10.2 Å². The maximum Gasteiger partial charge on any atom is 0.250 e. The van der Waals surface area contributed by atoms with Crippen molar-refractivity contribution in [2.45, 2.75) is 89.6 Å². The zero-order valence-corrected chi connectivity index (χ0v) is 22.0.